The highest BCUT2D eigenvalue weighted by molar-refractivity contribution is 6.32. The number of nitrogens with zero attached hydrogens (tertiary/aromatic N) is 1. The van der Waals surface area contributed by atoms with E-state index in [0.29, 0.717) is 35.3 Å². The molecule has 120 valence electrons. The van der Waals surface area contributed by atoms with Gasteiger partial charge in [0.25, 0.3) is 0 Å². The first-order chi connectivity index (χ1) is 10.2. The van der Waals surface area contributed by atoms with Crippen LogP contribution in [0.3, 0.4) is 0 Å². The van der Waals surface area contributed by atoms with Crippen molar-refractivity contribution in [2.24, 2.45) is 0 Å². The molecule has 0 atom stereocenters. The zero-order chi connectivity index (χ0) is 16.5. The molecule has 0 aliphatic carbocycles. The van der Waals surface area contributed by atoms with Crippen LogP contribution in [0.25, 0.3) is 0 Å². The van der Waals surface area contributed by atoms with Gasteiger partial charge in [-0.25, -0.2) is 4.79 Å². The summed E-state index contributed by atoms with van der Waals surface area (Å²) >= 11 is 6.13. The zero-order valence-corrected chi connectivity index (χ0v) is 13.4. The topological polar surface area (TPSA) is 76.1 Å². The maximum absolute atomic E-state index is 12.3. The number of amides is 1. The molecule has 1 aromatic carbocycles. The average molecular weight is 328 g/mol. The molecule has 2 rings (SSSR count). The average Bonchev–Trinajstić information content (AvgIpc) is 2.46. The number of likely N-dealkylation sites (N-methyl/N-ethyl adjacent to an activating group) is 1. The predicted octanol–water partition coefficient (Wildman–Crippen LogP) is 1.98. The Kier molecular flexibility index (Phi) is 4.51. The van der Waals surface area contributed by atoms with Crippen LogP contribution in [0, 0.1) is 0 Å². The van der Waals surface area contributed by atoms with E-state index < -0.39 is 11.5 Å². The molecule has 0 unspecified atom stereocenters. The van der Waals surface area contributed by atoms with Crippen molar-refractivity contribution < 1.29 is 24.2 Å². The van der Waals surface area contributed by atoms with Crippen LogP contribution in [0.15, 0.2) is 12.1 Å². The number of halogens is 1. The molecule has 0 aromatic heterocycles. The molecule has 7 heteroatoms. The van der Waals surface area contributed by atoms with Crippen molar-refractivity contribution in [3.8, 4) is 11.5 Å². The first-order valence-electron chi connectivity index (χ1n) is 6.81. The molecular weight excluding hydrogens is 310 g/mol. The van der Waals surface area contributed by atoms with E-state index in [2.05, 4.69) is 0 Å². The zero-order valence-electron chi connectivity index (χ0n) is 12.7. The van der Waals surface area contributed by atoms with E-state index in [9.17, 15) is 14.7 Å². The molecule has 0 saturated carbocycles. The largest absolute Gasteiger partial charge is 0.486 e. The molecule has 6 nitrogen and oxygen atoms in total. The highest BCUT2D eigenvalue weighted by Crippen LogP contribution is 2.38. The lowest BCUT2D eigenvalue weighted by molar-refractivity contribution is -0.155. The van der Waals surface area contributed by atoms with Gasteiger partial charge in [0, 0.05) is 7.05 Å². The minimum atomic E-state index is -1.28. The van der Waals surface area contributed by atoms with Crippen LogP contribution in [-0.2, 0) is 16.0 Å². The molecule has 0 fully saturated rings. The molecule has 1 aliphatic heterocycles. The fraction of sp³-hybridized carbons (Fsp3) is 0.467. The third kappa shape index (κ3) is 3.11. The van der Waals surface area contributed by atoms with Gasteiger partial charge in [0.2, 0.25) is 5.91 Å². The Morgan fingerprint density at radius 1 is 1.32 bits per heavy atom. The van der Waals surface area contributed by atoms with E-state index in [0.717, 1.165) is 0 Å². The molecule has 1 aliphatic rings. The summed E-state index contributed by atoms with van der Waals surface area (Å²) < 4.78 is 10.9. The minimum Gasteiger partial charge on any atom is -0.486 e. The summed E-state index contributed by atoms with van der Waals surface area (Å²) in [6.07, 6.45) is 0.0313. The first kappa shape index (κ1) is 16.4. The molecular formula is C15H18ClNO5. The Labute approximate surface area is 133 Å². The SMILES string of the molecule is CN(C(=O)Cc1cc(Cl)c2c(c1)OCCO2)C(C)(C)C(=O)O. The Balaban J connectivity index is 2.19. The molecule has 22 heavy (non-hydrogen) atoms. The second kappa shape index (κ2) is 6.04. The van der Waals surface area contributed by atoms with Gasteiger partial charge in [-0.05, 0) is 31.5 Å². The number of aliphatic carboxylic acids is 1. The summed E-state index contributed by atoms with van der Waals surface area (Å²) in [5.74, 6) is -0.409. The summed E-state index contributed by atoms with van der Waals surface area (Å²) in [7, 11) is 1.47. The molecule has 1 amide bonds. The first-order valence-corrected chi connectivity index (χ1v) is 7.19. The van der Waals surface area contributed by atoms with Gasteiger partial charge in [0.05, 0.1) is 11.4 Å². The van der Waals surface area contributed by atoms with Crippen LogP contribution in [0.5, 0.6) is 11.5 Å². The van der Waals surface area contributed by atoms with Crippen molar-refractivity contribution >= 4 is 23.5 Å². The van der Waals surface area contributed by atoms with Crippen LogP contribution in [0.4, 0.5) is 0 Å². The summed E-state index contributed by atoms with van der Waals surface area (Å²) in [6, 6.07) is 3.33. The fourth-order valence-electron chi connectivity index (χ4n) is 2.01. The van der Waals surface area contributed by atoms with Crippen molar-refractivity contribution in [1.29, 1.82) is 0 Å². The maximum atomic E-state index is 12.3. The lowest BCUT2D eigenvalue weighted by Gasteiger charge is -2.31. The summed E-state index contributed by atoms with van der Waals surface area (Å²) in [5.41, 5.74) is -0.637. The lowest BCUT2D eigenvalue weighted by atomic mass is 10.0. The molecule has 0 saturated heterocycles. The van der Waals surface area contributed by atoms with Crippen molar-refractivity contribution in [3.05, 3.63) is 22.7 Å². The quantitative estimate of drug-likeness (QED) is 0.915. The lowest BCUT2D eigenvalue weighted by Crippen LogP contribution is -2.51. The minimum absolute atomic E-state index is 0.0313. The van der Waals surface area contributed by atoms with Crippen molar-refractivity contribution in [2.45, 2.75) is 25.8 Å². The number of carboxylic acid groups (broad SMARTS) is 1. The van der Waals surface area contributed by atoms with Crippen LogP contribution in [0.1, 0.15) is 19.4 Å². The van der Waals surface area contributed by atoms with Crippen LogP contribution < -0.4 is 9.47 Å². The van der Waals surface area contributed by atoms with Gasteiger partial charge in [-0.15, -0.1) is 0 Å². The van der Waals surface area contributed by atoms with E-state index in [1.165, 1.54) is 25.8 Å². The third-order valence-electron chi connectivity index (χ3n) is 3.75. The molecule has 1 heterocycles. The monoisotopic (exact) mass is 327 g/mol. The third-order valence-corrected chi connectivity index (χ3v) is 4.03. The van der Waals surface area contributed by atoms with E-state index >= 15 is 0 Å². The standard InChI is InChI=1S/C15H18ClNO5/c1-15(2,14(19)20)17(3)12(18)8-9-6-10(16)13-11(7-9)21-4-5-22-13/h6-7H,4-5,8H2,1-3H3,(H,19,20). The molecule has 0 spiro atoms. The van der Waals surface area contributed by atoms with Crippen LogP contribution in [0.2, 0.25) is 5.02 Å². The van der Waals surface area contributed by atoms with Crippen molar-refractivity contribution in [1.82, 2.24) is 4.90 Å². The molecule has 0 bridgehead atoms. The van der Waals surface area contributed by atoms with Gasteiger partial charge in [-0.3, -0.25) is 4.79 Å². The number of ether oxygens (including phenoxy) is 2. The van der Waals surface area contributed by atoms with E-state index in [4.69, 9.17) is 21.1 Å². The Morgan fingerprint density at radius 2 is 1.95 bits per heavy atom. The summed E-state index contributed by atoms with van der Waals surface area (Å²) in [5, 5.41) is 9.55. The van der Waals surface area contributed by atoms with Crippen LogP contribution >= 0.6 is 11.6 Å². The summed E-state index contributed by atoms with van der Waals surface area (Å²) in [6.45, 7) is 3.81. The van der Waals surface area contributed by atoms with Crippen LogP contribution in [-0.4, -0.2) is 47.7 Å². The number of rotatable bonds is 4. The Hall–Kier alpha value is -1.95. The predicted molar refractivity (Wildman–Crippen MR) is 80.6 cm³/mol. The molecule has 1 N–H and O–H groups in total. The normalized spacial score (nSPS) is 13.6. The number of hydrogen-bond donors (Lipinski definition) is 1. The second-order valence-electron chi connectivity index (χ2n) is 5.60. The number of carboxylic acids is 1. The number of fused-ring (bicyclic) bond motifs is 1. The van der Waals surface area contributed by atoms with E-state index in [-0.39, 0.29) is 12.3 Å². The summed E-state index contributed by atoms with van der Waals surface area (Å²) in [4.78, 5) is 24.7. The molecule has 1 aromatic rings. The fourth-order valence-corrected chi connectivity index (χ4v) is 2.30. The van der Waals surface area contributed by atoms with Gasteiger partial charge >= 0.3 is 5.97 Å². The number of carbonyl (C=O) groups is 2. The van der Waals surface area contributed by atoms with Gasteiger partial charge in [0.15, 0.2) is 11.5 Å². The highest BCUT2D eigenvalue weighted by Gasteiger charge is 2.35. The Bertz CT molecular complexity index is 614. The smallest absolute Gasteiger partial charge is 0.329 e. The molecule has 0 radical (unpaired) electrons. The van der Waals surface area contributed by atoms with Gasteiger partial charge in [-0.2, -0.15) is 0 Å². The van der Waals surface area contributed by atoms with E-state index in [1.54, 1.807) is 12.1 Å². The van der Waals surface area contributed by atoms with Crippen molar-refractivity contribution in [2.75, 3.05) is 20.3 Å². The Morgan fingerprint density at radius 3 is 2.59 bits per heavy atom. The highest BCUT2D eigenvalue weighted by atomic mass is 35.5. The maximum Gasteiger partial charge on any atom is 0.329 e. The van der Waals surface area contributed by atoms with E-state index in [1.807, 2.05) is 0 Å². The number of carbonyl (C=O) groups excluding carboxylic acids is 1. The number of hydrogen-bond acceptors (Lipinski definition) is 4. The van der Waals surface area contributed by atoms with Gasteiger partial charge in [0.1, 0.15) is 18.8 Å². The van der Waals surface area contributed by atoms with Gasteiger partial charge in [-0.1, -0.05) is 11.6 Å². The second-order valence-corrected chi connectivity index (χ2v) is 6.00. The van der Waals surface area contributed by atoms with Crippen molar-refractivity contribution in [3.63, 3.8) is 0 Å². The van der Waals surface area contributed by atoms with Gasteiger partial charge < -0.3 is 19.5 Å². The number of benzene rings is 1.